The first-order valence-corrected chi connectivity index (χ1v) is 24.9. The number of rotatable bonds is 10. The van der Waals surface area contributed by atoms with E-state index < -0.39 is 77.3 Å². The molecule has 4 heterocycles. The van der Waals surface area contributed by atoms with E-state index in [1.165, 1.54) is 7.11 Å². The van der Waals surface area contributed by atoms with Crippen molar-refractivity contribution in [3.8, 4) is 17.6 Å². The molecular weight excluding hydrogens is 885 g/mol. The number of carbonyl (C=O) groups is 5. The molecule has 1 spiro atoms. The van der Waals surface area contributed by atoms with Crippen LogP contribution in [-0.2, 0) is 34.1 Å². The fourth-order valence-corrected chi connectivity index (χ4v) is 11.5. The molecular formula is C57H62N4O9. The van der Waals surface area contributed by atoms with E-state index in [0.29, 0.717) is 41.1 Å². The smallest absolute Gasteiger partial charge is 0.329 e. The number of amides is 4. The summed E-state index contributed by atoms with van der Waals surface area (Å²) in [7, 11) is 1.24. The highest BCUT2D eigenvalue weighted by molar-refractivity contribution is 6.25. The largest absolute Gasteiger partial charge is 0.491 e. The molecule has 7 atom stereocenters. The number of imide groups is 1. The van der Waals surface area contributed by atoms with Crippen molar-refractivity contribution in [2.24, 2.45) is 11.8 Å². The van der Waals surface area contributed by atoms with Gasteiger partial charge in [-0.2, -0.15) is 0 Å². The van der Waals surface area contributed by atoms with Gasteiger partial charge in [-0.15, -0.1) is 0 Å². The fraction of sp³-hybridized carbons (Fsp3) is 0.421. The van der Waals surface area contributed by atoms with Crippen LogP contribution in [0.4, 0.5) is 10.5 Å². The van der Waals surface area contributed by atoms with E-state index in [1.807, 2.05) is 83.8 Å². The number of morpholine rings is 1. The second kappa shape index (κ2) is 21.1. The Morgan fingerprint density at radius 1 is 0.829 bits per heavy atom. The summed E-state index contributed by atoms with van der Waals surface area (Å²) in [5.74, 6) is 2.62. The normalized spacial score (nSPS) is 24.8. The van der Waals surface area contributed by atoms with Gasteiger partial charge in [0.2, 0.25) is 11.8 Å². The SMILES string of the molecule is COC(=O)C(NC(=O)N1C(=O)C2(c3cc(C#CC4=CCCCC4)ccc31)C(C(=O)N1CCCCCCC1)C1C(=O)OC(c3ccccc3)C(c3ccccc3)N1C2c1ccccc1OCCO)C(C)C. The summed E-state index contributed by atoms with van der Waals surface area (Å²) < 4.78 is 18.2. The number of benzene rings is 4. The highest BCUT2D eigenvalue weighted by atomic mass is 16.6. The van der Waals surface area contributed by atoms with E-state index in [-0.39, 0.29) is 18.9 Å². The summed E-state index contributed by atoms with van der Waals surface area (Å²) in [5.41, 5.74) is 1.96. The van der Waals surface area contributed by atoms with Gasteiger partial charge in [-0.05, 0) is 91.0 Å². The van der Waals surface area contributed by atoms with Crippen molar-refractivity contribution in [2.45, 2.75) is 107 Å². The van der Waals surface area contributed by atoms with Crippen LogP contribution >= 0.6 is 0 Å². The minimum atomic E-state index is -2.05. The molecule has 1 aliphatic carbocycles. The van der Waals surface area contributed by atoms with Gasteiger partial charge >= 0.3 is 18.0 Å². The molecule has 4 amide bonds. The lowest BCUT2D eigenvalue weighted by Gasteiger charge is -2.46. The molecule has 3 saturated heterocycles. The summed E-state index contributed by atoms with van der Waals surface area (Å²) in [6.45, 7) is 3.94. The summed E-state index contributed by atoms with van der Waals surface area (Å²) in [5, 5.41) is 13.0. The van der Waals surface area contributed by atoms with Crippen LogP contribution in [0.1, 0.15) is 118 Å². The molecule has 4 aromatic carbocycles. The Labute approximate surface area is 410 Å². The number of anilines is 1. The van der Waals surface area contributed by atoms with Gasteiger partial charge in [0.1, 0.15) is 36.0 Å². The molecule has 70 heavy (non-hydrogen) atoms. The number of cyclic esters (lactones) is 1. The van der Waals surface area contributed by atoms with Gasteiger partial charge in [-0.1, -0.05) is 130 Å². The van der Waals surface area contributed by atoms with Crippen LogP contribution in [0.15, 0.2) is 115 Å². The zero-order chi connectivity index (χ0) is 48.9. The molecule has 7 unspecified atom stereocenters. The van der Waals surface area contributed by atoms with E-state index in [2.05, 4.69) is 23.2 Å². The highest BCUT2D eigenvalue weighted by Gasteiger charge is 2.76. The minimum absolute atomic E-state index is 0.0914. The van der Waals surface area contributed by atoms with Gasteiger partial charge in [-0.3, -0.25) is 19.3 Å². The van der Waals surface area contributed by atoms with Crippen molar-refractivity contribution in [1.29, 1.82) is 0 Å². The first-order valence-electron chi connectivity index (χ1n) is 24.9. The van der Waals surface area contributed by atoms with Crippen LogP contribution in [0.25, 0.3) is 0 Å². The van der Waals surface area contributed by atoms with E-state index >= 15 is 19.2 Å². The van der Waals surface area contributed by atoms with Gasteiger partial charge in [0.05, 0.1) is 37.4 Å². The Hall–Kier alpha value is -6.75. The standard InChI is InChI=1S/C57H62N4O9/c1-37(2)47(53(64)68-3)58-56(67)60-44-31-30-39(29-28-38-20-10-7-11-21-38)36-43(44)57(55(60)66)46(52(63)59-32-18-5-4-6-19-33-59)49-54(65)70-50(41-24-14-9-15-25-41)48(40-22-12-8-13-23-40)61(49)51(57)42-26-16-17-27-45(42)69-35-34-62/h8-9,12-17,20,22-27,30-31,36-37,46-51,62H,4-7,10-11,18-19,21,32-35H2,1-3H3,(H,58,67). The molecule has 3 fully saturated rings. The van der Waals surface area contributed by atoms with E-state index in [9.17, 15) is 9.90 Å². The number of methoxy groups -OCH3 is 1. The number of hydrogen-bond donors (Lipinski definition) is 2. The van der Waals surface area contributed by atoms with Crippen molar-refractivity contribution in [3.05, 3.63) is 143 Å². The van der Waals surface area contributed by atoms with Gasteiger partial charge in [0.15, 0.2) is 0 Å². The Balaban J connectivity index is 1.38. The lowest BCUT2D eigenvalue weighted by atomic mass is 9.64. The Kier molecular flexibility index (Phi) is 14.5. The fourth-order valence-electron chi connectivity index (χ4n) is 11.5. The second-order valence-electron chi connectivity index (χ2n) is 19.3. The number of aliphatic hydroxyl groups excluding tert-OH is 1. The van der Waals surface area contributed by atoms with E-state index in [1.54, 1.807) is 43.0 Å². The summed E-state index contributed by atoms with van der Waals surface area (Å²) >= 11 is 0. The molecule has 13 nitrogen and oxygen atoms in total. The number of aliphatic hydroxyl groups is 1. The third-order valence-electron chi connectivity index (χ3n) is 14.7. The lowest BCUT2D eigenvalue weighted by Crippen LogP contribution is -2.58. The van der Waals surface area contributed by atoms with Crippen LogP contribution in [0.3, 0.4) is 0 Å². The van der Waals surface area contributed by atoms with Crippen molar-refractivity contribution < 1.29 is 43.3 Å². The van der Waals surface area contributed by atoms with Crippen molar-refractivity contribution in [3.63, 3.8) is 0 Å². The molecule has 5 aliphatic rings. The maximum absolute atomic E-state index is 16.9. The second-order valence-corrected chi connectivity index (χ2v) is 19.3. The number of esters is 2. The molecule has 9 rings (SSSR count). The van der Waals surface area contributed by atoms with Crippen LogP contribution < -0.4 is 15.0 Å². The lowest BCUT2D eigenvalue weighted by molar-refractivity contribution is -0.179. The summed E-state index contributed by atoms with van der Waals surface area (Å²) in [6.07, 6.45) is 9.43. The van der Waals surface area contributed by atoms with Gasteiger partial charge in [-0.25, -0.2) is 14.5 Å². The quantitative estimate of drug-likeness (QED) is 0.117. The van der Waals surface area contributed by atoms with Crippen LogP contribution in [0.2, 0.25) is 0 Å². The van der Waals surface area contributed by atoms with Gasteiger partial charge in [0.25, 0.3) is 0 Å². The number of urea groups is 1. The molecule has 364 valence electrons. The summed E-state index contributed by atoms with van der Waals surface area (Å²) in [4.78, 5) is 82.2. The molecule has 4 aromatic rings. The maximum Gasteiger partial charge on any atom is 0.329 e. The Morgan fingerprint density at radius 2 is 1.51 bits per heavy atom. The Morgan fingerprint density at radius 3 is 2.19 bits per heavy atom. The zero-order valence-electron chi connectivity index (χ0n) is 40.2. The number of fused-ring (bicyclic) bond motifs is 3. The van der Waals surface area contributed by atoms with E-state index in [0.717, 1.165) is 73.8 Å². The van der Waals surface area contributed by atoms with Crippen molar-refractivity contribution >= 4 is 35.5 Å². The average molecular weight is 947 g/mol. The first kappa shape index (κ1) is 48.3. The average Bonchev–Trinajstić information content (AvgIpc) is 3.83. The molecule has 0 bridgehead atoms. The number of allylic oxidation sites excluding steroid dienone is 2. The molecule has 0 aromatic heterocycles. The number of carbonyl (C=O) groups excluding carboxylic acids is 5. The van der Waals surface area contributed by atoms with Crippen LogP contribution in [0, 0.1) is 23.7 Å². The third kappa shape index (κ3) is 8.88. The number of hydrogen-bond acceptors (Lipinski definition) is 10. The molecule has 4 aliphatic heterocycles. The van der Waals surface area contributed by atoms with Crippen molar-refractivity contribution in [2.75, 3.05) is 38.3 Å². The highest BCUT2D eigenvalue weighted by Crippen LogP contribution is 2.67. The number of ether oxygens (including phenoxy) is 3. The minimum Gasteiger partial charge on any atom is -0.491 e. The summed E-state index contributed by atoms with van der Waals surface area (Å²) in [6, 6.07) is 26.1. The number of likely N-dealkylation sites (tertiary alicyclic amines) is 1. The van der Waals surface area contributed by atoms with Gasteiger partial charge in [0, 0.05) is 24.2 Å². The number of nitrogens with zero attached hydrogens (tertiary/aromatic N) is 3. The third-order valence-corrected chi connectivity index (χ3v) is 14.7. The predicted octanol–water partition coefficient (Wildman–Crippen LogP) is 8.28. The van der Waals surface area contributed by atoms with Gasteiger partial charge < -0.3 is 29.5 Å². The van der Waals surface area contributed by atoms with Crippen LogP contribution in [-0.4, -0.2) is 90.2 Å². The monoisotopic (exact) mass is 946 g/mol. The van der Waals surface area contributed by atoms with E-state index in [4.69, 9.17) is 14.2 Å². The number of nitrogens with one attached hydrogen (secondary N) is 1. The van der Waals surface area contributed by atoms with Crippen molar-refractivity contribution in [1.82, 2.24) is 15.1 Å². The predicted molar refractivity (Wildman–Crippen MR) is 263 cm³/mol. The first-order chi connectivity index (χ1) is 34.1. The zero-order valence-corrected chi connectivity index (χ0v) is 40.2. The maximum atomic E-state index is 16.9. The molecule has 13 heteroatoms. The molecule has 0 radical (unpaired) electrons. The topological polar surface area (TPSA) is 155 Å². The molecule has 0 saturated carbocycles. The molecule has 2 N–H and O–H groups in total. The number of para-hydroxylation sites is 1. The van der Waals surface area contributed by atoms with Crippen LogP contribution in [0.5, 0.6) is 5.75 Å². The Bertz CT molecular complexity index is 2690.